The third-order valence-corrected chi connectivity index (χ3v) is 7.34. The number of fused-ring (bicyclic) bond motifs is 2. The molecule has 10 heteroatoms. The summed E-state index contributed by atoms with van der Waals surface area (Å²) in [5, 5.41) is 3.60. The van der Waals surface area contributed by atoms with Crippen molar-refractivity contribution in [2.45, 2.75) is 66.0 Å². The second-order valence-corrected chi connectivity index (χ2v) is 9.80. The monoisotopic (exact) mass is 524 g/mol. The minimum absolute atomic E-state index is 0. The Morgan fingerprint density at radius 1 is 1.05 bits per heavy atom. The number of aryl methyl sites for hydroxylation is 2. The highest BCUT2D eigenvalue weighted by Crippen LogP contribution is 2.35. The normalized spacial score (nSPS) is 20.6. The summed E-state index contributed by atoms with van der Waals surface area (Å²) in [6, 6.07) is 4.40. The van der Waals surface area contributed by atoms with Crippen LogP contribution in [0, 0.1) is 6.92 Å². The van der Waals surface area contributed by atoms with Crippen LogP contribution in [0.1, 0.15) is 52.1 Å². The fourth-order valence-electron chi connectivity index (χ4n) is 5.42. The Bertz CT molecular complexity index is 1330. The number of hydrogen-bond acceptors (Lipinski definition) is 9. The molecular weight excluding hydrogens is 484 g/mol. The molecule has 3 aromatic rings. The van der Waals surface area contributed by atoms with Crippen LogP contribution in [-0.4, -0.2) is 64.6 Å². The van der Waals surface area contributed by atoms with Gasteiger partial charge in [0.05, 0.1) is 43.3 Å². The van der Waals surface area contributed by atoms with E-state index >= 15 is 0 Å². The van der Waals surface area contributed by atoms with Gasteiger partial charge in [-0.15, -0.1) is 0 Å². The molecule has 1 saturated carbocycles. The summed E-state index contributed by atoms with van der Waals surface area (Å²) < 4.78 is 19.5. The lowest BCUT2D eigenvalue weighted by molar-refractivity contribution is 0.122. The third kappa shape index (κ3) is 5.41. The van der Waals surface area contributed by atoms with Crippen LogP contribution < -0.4 is 25.2 Å². The molecule has 0 unspecified atom stereocenters. The van der Waals surface area contributed by atoms with E-state index in [0.717, 1.165) is 90.7 Å². The van der Waals surface area contributed by atoms with Gasteiger partial charge >= 0.3 is 0 Å². The van der Waals surface area contributed by atoms with Crippen LogP contribution in [0.2, 0.25) is 0 Å². The molecule has 3 aliphatic rings. The van der Waals surface area contributed by atoms with E-state index in [1.54, 1.807) is 11.6 Å². The molecule has 10 nitrogen and oxygen atoms in total. The van der Waals surface area contributed by atoms with Crippen LogP contribution in [0.15, 0.2) is 23.1 Å². The Balaban J connectivity index is 0.00000168. The van der Waals surface area contributed by atoms with Gasteiger partial charge < -0.3 is 29.0 Å². The molecule has 0 radical (unpaired) electrons. The van der Waals surface area contributed by atoms with Crippen molar-refractivity contribution in [1.29, 1.82) is 0 Å². The van der Waals surface area contributed by atoms with Gasteiger partial charge in [-0.25, -0.2) is 15.0 Å². The first-order chi connectivity index (χ1) is 17.5. The Morgan fingerprint density at radius 3 is 2.58 bits per heavy atom. The molecule has 0 bridgehead atoms. The van der Waals surface area contributed by atoms with Crippen molar-refractivity contribution >= 4 is 22.5 Å². The average molecular weight is 525 g/mol. The van der Waals surface area contributed by atoms with Gasteiger partial charge in [-0.2, -0.15) is 0 Å². The molecule has 0 spiro atoms. The van der Waals surface area contributed by atoms with E-state index in [1.807, 2.05) is 13.0 Å². The number of aromatic nitrogens is 4. The van der Waals surface area contributed by atoms with Crippen LogP contribution in [0.4, 0.5) is 11.5 Å². The number of morpholine rings is 1. The largest absolute Gasteiger partial charge is 0.488 e. The number of nitrogens with zero attached hydrogens (tertiary/aromatic N) is 5. The Hall–Kier alpha value is -3.40. The molecule has 206 valence electrons. The minimum Gasteiger partial charge on any atom is -0.488 e. The molecule has 1 aromatic carbocycles. The molecule has 2 aromatic heterocycles. The number of ether oxygens (including phenoxy) is 3. The summed E-state index contributed by atoms with van der Waals surface area (Å²) in [4.78, 5) is 28.2. The maximum atomic E-state index is 12.4. The van der Waals surface area contributed by atoms with Gasteiger partial charge in [0.1, 0.15) is 17.1 Å². The number of hydrogen-bond donors (Lipinski definition) is 1. The fourth-order valence-corrected chi connectivity index (χ4v) is 5.42. The SMILES string of the molecule is C.C.Cc1nc2c(c(NC3CCC(Oc4cc(N5CCOCC5)cc5ncc(=O)n(C)c45)CC3)n1)OCC2. The Morgan fingerprint density at radius 2 is 1.82 bits per heavy atom. The molecule has 38 heavy (non-hydrogen) atoms. The zero-order valence-corrected chi connectivity index (χ0v) is 20.8. The molecule has 1 N–H and O–H groups in total. The lowest BCUT2D eigenvalue weighted by Crippen LogP contribution is -2.36. The van der Waals surface area contributed by atoms with Crippen molar-refractivity contribution < 1.29 is 14.2 Å². The zero-order chi connectivity index (χ0) is 24.6. The van der Waals surface area contributed by atoms with Crippen molar-refractivity contribution in [3.8, 4) is 11.5 Å². The molecule has 1 aliphatic carbocycles. The molecule has 6 rings (SSSR count). The van der Waals surface area contributed by atoms with Crippen molar-refractivity contribution in [1.82, 2.24) is 19.5 Å². The van der Waals surface area contributed by atoms with Gasteiger partial charge in [-0.1, -0.05) is 14.9 Å². The number of anilines is 2. The quantitative estimate of drug-likeness (QED) is 0.532. The number of nitrogens with one attached hydrogen (secondary N) is 1. The van der Waals surface area contributed by atoms with Crippen LogP contribution in [0.3, 0.4) is 0 Å². The maximum absolute atomic E-state index is 12.4. The van der Waals surface area contributed by atoms with Crippen molar-refractivity contribution in [3.05, 3.63) is 40.2 Å². The average Bonchev–Trinajstić information content (AvgIpc) is 3.36. The lowest BCUT2D eigenvalue weighted by Gasteiger charge is -2.32. The zero-order valence-electron chi connectivity index (χ0n) is 20.8. The Labute approximate surface area is 224 Å². The van der Waals surface area contributed by atoms with Crippen molar-refractivity contribution in [2.75, 3.05) is 43.1 Å². The second kappa shape index (κ2) is 11.6. The maximum Gasteiger partial charge on any atom is 0.269 e. The third-order valence-electron chi connectivity index (χ3n) is 7.34. The summed E-state index contributed by atoms with van der Waals surface area (Å²) in [7, 11) is 1.78. The first-order valence-electron chi connectivity index (χ1n) is 12.8. The van der Waals surface area contributed by atoms with Gasteiger partial charge in [-0.3, -0.25) is 4.79 Å². The molecule has 1 saturated heterocycles. The van der Waals surface area contributed by atoms with Crippen molar-refractivity contribution in [2.24, 2.45) is 7.05 Å². The molecule has 0 amide bonds. The second-order valence-electron chi connectivity index (χ2n) is 9.80. The molecule has 0 atom stereocenters. The smallest absolute Gasteiger partial charge is 0.269 e. The minimum atomic E-state index is -0.144. The predicted octanol–water partition coefficient (Wildman–Crippen LogP) is 3.88. The van der Waals surface area contributed by atoms with E-state index in [0.29, 0.717) is 25.9 Å². The fraction of sp³-hybridized carbons (Fsp3) is 0.571. The molecule has 4 heterocycles. The topological polar surface area (TPSA) is 104 Å². The highest BCUT2D eigenvalue weighted by atomic mass is 16.5. The highest BCUT2D eigenvalue weighted by Gasteiger charge is 2.27. The first kappa shape index (κ1) is 27.6. The molecule has 2 fully saturated rings. The van der Waals surface area contributed by atoms with E-state index in [2.05, 4.69) is 31.2 Å². The van der Waals surface area contributed by atoms with E-state index in [-0.39, 0.29) is 26.5 Å². The summed E-state index contributed by atoms with van der Waals surface area (Å²) in [5.41, 5.74) is 3.40. The summed E-state index contributed by atoms with van der Waals surface area (Å²) in [6.07, 6.45) is 6.01. The summed E-state index contributed by atoms with van der Waals surface area (Å²) >= 11 is 0. The first-order valence-corrected chi connectivity index (χ1v) is 12.8. The lowest BCUT2D eigenvalue weighted by atomic mass is 9.93. The van der Waals surface area contributed by atoms with Gasteiger partial charge in [0, 0.05) is 44.4 Å². The van der Waals surface area contributed by atoms with Crippen LogP contribution in [-0.2, 0) is 18.2 Å². The van der Waals surface area contributed by atoms with Gasteiger partial charge in [0.15, 0.2) is 11.6 Å². The van der Waals surface area contributed by atoms with E-state index in [1.165, 1.54) is 6.20 Å². The number of rotatable bonds is 5. The predicted molar refractivity (Wildman–Crippen MR) is 150 cm³/mol. The van der Waals surface area contributed by atoms with E-state index in [9.17, 15) is 4.79 Å². The molecular formula is C28H40N6O4. The standard InChI is InChI=1S/C26H32N6O4.2CH4/c1-16-28-20-7-10-35-25(20)26(29-16)30-17-3-5-19(6-4-17)36-22-14-18(32-8-11-34-12-9-32)13-21-24(22)31(2)23(33)15-27-21;;/h13-15,17,19H,3-12H2,1-2H3,(H,28,29,30);2*1H4. The van der Waals surface area contributed by atoms with Gasteiger partial charge in [0.25, 0.3) is 5.56 Å². The Kier molecular flexibility index (Phi) is 8.40. The van der Waals surface area contributed by atoms with Gasteiger partial charge in [0.2, 0.25) is 0 Å². The van der Waals surface area contributed by atoms with E-state index < -0.39 is 0 Å². The summed E-state index contributed by atoms with van der Waals surface area (Å²) in [6.45, 7) is 5.63. The van der Waals surface area contributed by atoms with Crippen LogP contribution in [0.5, 0.6) is 11.5 Å². The van der Waals surface area contributed by atoms with Crippen LogP contribution >= 0.6 is 0 Å². The molecule has 2 aliphatic heterocycles. The number of benzene rings is 1. The van der Waals surface area contributed by atoms with E-state index in [4.69, 9.17) is 14.2 Å². The van der Waals surface area contributed by atoms with Gasteiger partial charge in [-0.05, 0) is 38.7 Å². The highest BCUT2D eigenvalue weighted by molar-refractivity contribution is 5.86. The van der Waals surface area contributed by atoms with Crippen molar-refractivity contribution in [3.63, 3.8) is 0 Å². The summed E-state index contributed by atoms with van der Waals surface area (Å²) in [5.74, 6) is 3.10. The van der Waals surface area contributed by atoms with Crippen LogP contribution in [0.25, 0.3) is 11.0 Å².